The zero-order chi connectivity index (χ0) is 15.8. The molecule has 1 aromatic carbocycles. The lowest BCUT2D eigenvalue weighted by Gasteiger charge is -2.11. The van der Waals surface area contributed by atoms with Gasteiger partial charge in [-0.2, -0.15) is 0 Å². The zero-order valence-corrected chi connectivity index (χ0v) is 13.8. The predicted molar refractivity (Wildman–Crippen MR) is 79.3 cm³/mol. The first-order valence-electron chi connectivity index (χ1n) is 5.62. The number of furan rings is 1. The number of benzene rings is 1. The quantitative estimate of drug-likeness (QED) is 0.827. The van der Waals surface area contributed by atoms with Gasteiger partial charge in [-0.25, -0.2) is 12.8 Å². The first-order valence-corrected chi connectivity index (χ1v) is 8.27. The normalized spacial score (nSPS) is 11.7. The van der Waals surface area contributed by atoms with Crippen LogP contribution < -0.4 is 4.72 Å². The van der Waals surface area contributed by atoms with Crippen LogP contribution in [0.25, 0.3) is 0 Å². The minimum Gasteiger partial charge on any atom is -0.462 e. The Morgan fingerprint density at radius 1 is 1.43 bits per heavy atom. The summed E-state index contributed by atoms with van der Waals surface area (Å²) in [5, 5.41) is 8.88. The van der Waals surface area contributed by atoms with E-state index in [1.165, 1.54) is 13.0 Å². The van der Waals surface area contributed by atoms with Crippen LogP contribution in [0.5, 0.6) is 0 Å². The highest BCUT2D eigenvalue weighted by Gasteiger charge is 2.23. The minimum atomic E-state index is -3.98. The van der Waals surface area contributed by atoms with Gasteiger partial charge in [0.1, 0.15) is 28.8 Å². The lowest BCUT2D eigenvalue weighted by molar-refractivity contribution is 0.245. The van der Waals surface area contributed by atoms with Crippen LogP contribution in [-0.4, -0.2) is 13.5 Å². The molecule has 0 aliphatic carbocycles. The van der Waals surface area contributed by atoms with Crippen LogP contribution in [0.15, 0.2) is 32.0 Å². The lowest BCUT2D eigenvalue weighted by Crippen LogP contribution is -2.14. The highest BCUT2D eigenvalue weighted by molar-refractivity contribution is 9.10. The van der Waals surface area contributed by atoms with Crippen molar-refractivity contribution in [2.24, 2.45) is 0 Å². The number of hydrogen-bond acceptors (Lipinski definition) is 4. The second-order valence-corrected chi connectivity index (χ2v) is 7.05. The fourth-order valence-corrected chi connectivity index (χ4v) is 4.09. The minimum absolute atomic E-state index is 0.0178. The Kier molecular flexibility index (Phi) is 4.62. The number of aliphatic hydroxyl groups excluding tert-OH is 1. The third-order valence-corrected chi connectivity index (χ3v) is 4.99. The van der Waals surface area contributed by atoms with E-state index in [0.29, 0.717) is 0 Å². The molecule has 2 N–H and O–H groups in total. The van der Waals surface area contributed by atoms with Crippen molar-refractivity contribution in [3.05, 3.63) is 45.0 Å². The molecule has 0 unspecified atom stereocenters. The van der Waals surface area contributed by atoms with E-state index in [2.05, 4.69) is 20.7 Å². The standard InChI is InChI=1S/C12H10BrClFNO4S/c1-6-11(4-8(5-17)20-6)21(18,19)16-12-9(13)2-7(15)3-10(12)14/h2-4,16-17H,5H2,1H3. The highest BCUT2D eigenvalue weighted by atomic mass is 79.9. The molecule has 9 heteroatoms. The monoisotopic (exact) mass is 397 g/mol. The molecule has 0 radical (unpaired) electrons. The van der Waals surface area contributed by atoms with Gasteiger partial charge in [0.25, 0.3) is 10.0 Å². The third kappa shape index (κ3) is 3.39. The van der Waals surface area contributed by atoms with Crippen molar-refractivity contribution in [3.63, 3.8) is 0 Å². The number of halogens is 3. The summed E-state index contributed by atoms with van der Waals surface area (Å²) in [4.78, 5) is -0.126. The Bertz CT molecular complexity index is 768. The van der Waals surface area contributed by atoms with Crippen molar-refractivity contribution in [1.82, 2.24) is 0 Å². The molecular weight excluding hydrogens is 389 g/mol. The largest absolute Gasteiger partial charge is 0.462 e. The molecule has 5 nitrogen and oxygen atoms in total. The van der Waals surface area contributed by atoms with Gasteiger partial charge in [-0.1, -0.05) is 11.6 Å². The predicted octanol–water partition coefficient (Wildman–Crippen LogP) is 3.44. The van der Waals surface area contributed by atoms with Gasteiger partial charge < -0.3 is 9.52 Å². The van der Waals surface area contributed by atoms with Crippen molar-refractivity contribution in [2.75, 3.05) is 4.72 Å². The fourth-order valence-electron chi connectivity index (χ4n) is 1.70. The molecule has 1 heterocycles. The summed E-state index contributed by atoms with van der Waals surface area (Å²) in [6, 6.07) is 3.29. The maximum Gasteiger partial charge on any atom is 0.265 e. The van der Waals surface area contributed by atoms with Gasteiger partial charge >= 0.3 is 0 Å². The Hall–Kier alpha value is -1.09. The van der Waals surface area contributed by atoms with E-state index in [0.717, 1.165) is 12.1 Å². The average Bonchev–Trinajstić information content (AvgIpc) is 2.76. The lowest BCUT2D eigenvalue weighted by atomic mass is 10.3. The van der Waals surface area contributed by atoms with Crippen LogP contribution in [0.1, 0.15) is 11.5 Å². The summed E-state index contributed by atoms with van der Waals surface area (Å²) in [6.07, 6.45) is 0. The average molecular weight is 399 g/mol. The number of nitrogens with one attached hydrogen (secondary N) is 1. The van der Waals surface area contributed by atoms with Gasteiger partial charge in [0, 0.05) is 10.5 Å². The molecule has 1 aromatic heterocycles. The zero-order valence-electron chi connectivity index (χ0n) is 10.7. The summed E-state index contributed by atoms with van der Waals surface area (Å²) in [5.41, 5.74) is 0.0178. The Morgan fingerprint density at radius 3 is 2.62 bits per heavy atom. The van der Waals surface area contributed by atoms with Gasteiger partial charge in [-0.3, -0.25) is 4.72 Å². The molecular formula is C12H10BrClFNO4S. The molecule has 2 rings (SSSR count). The summed E-state index contributed by atoms with van der Waals surface area (Å²) >= 11 is 8.89. The van der Waals surface area contributed by atoms with Crippen molar-refractivity contribution < 1.29 is 22.3 Å². The molecule has 114 valence electrons. The molecule has 0 saturated carbocycles. The van der Waals surface area contributed by atoms with Crippen molar-refractivity contribution in [1.29, 1.82) is 0 Å². The van der Waals surface area contributed by atoms with Crippen LogP contribution in [0.4, 0.5) is 10.1 Å². The van der Waals surface area contributed by atoms with Crippen LogP contribution in [0.3, 0.4) is 0 Å². The van der Waals surface area contributed by atoms with E-state index >= 15 is 0 Å². The molecule has 2 aromatic rings. The number of sulfonamides is 1. The van der Waals surface area contributed by atoms with Gasteiger partial charge in [0.15, 0.2) is 0 Å². The van der Waals surface area contributed by atoms with Crippen LogP contribution in [0, 0.1) is 12.7 Å². The number of aryl methyl sites for hydroxylation is 1. The first-order chi connectivity index (χ1) is 9.74. The molecule has 0 fully saturated rings. The van der Waals surface area contributed by atoms with Gasteiger partial charge in [-0.05, 0) is 35.0 Å². The summed E-state index contributed by atoms with van der Waals surface area (Å²) in [7, 11) is -3.98. The fraction of sp³-hybridized carbons (Fsp3) is 0.167. The van der Waals surface area contributed by atoms with E-state index in [1.807, 2.05) is 0 Å². The number of aliphatic hydroxyl groups is 1. The Labute approximate surface area is 133 Å². The first kappa shape index (κ1) is 16.3. The van der Waals surface area contributed by atoms with Gasteiger partial charge in [0.2, 0.25) is 0 Å². The maximum absolute atomic E-state index is 13.1. The van der Waals surface area contributed by atoms with E-state index in [4.69, 9.17) is 21.1 Å². The molecule has 0 bridgehead atoms. The topological polar surface area (TPSA) is 79.5 Å². The summed E-state index contributed by atoms with van der Waals surface area (Å²) in [6.45, 7) is 1.03. The van der Waals surface area contributed by atoms with Crippen molar-refractivity contribution in [3.8, 4) is 0 Å². The number of rotatable bonds is 4. The Morgan fingerprint density at radius 2 is 2.10 bits per heavy atom. The van der Waals surface area contributed by atoms with Crippen LogP contribution in [-0.2, 0) is 16.6 Å². The summed E-state index contributed by atoms with van der Waals surface area (Å²) in [5.74, 6) is -0.352. The molecule has 0 saturated heterocycles. The van der Waals surface area contributed by atoms with E-state index < -0.39 is 22.4 Å². The molecule has 0 aliphatic rings. The molecule has 21 heavy (non-hydrogen) atoms. The van der Waals surface area contributed by atoms with E-state index in [9.17, 15) is 12.8 Å². The third-order valence-electron chi connectivity index (χ3n) is 2.61. The van der Waals surface area contributed by atoms with Crippen LogP contribution >= 0.6 is 27.5 Å². The molecule has 0 spiro atoms. The van der Waals surface area contributed by atoms with Gasteiger partial charge in [-0.15, -0.1) is 0 Å². The second-order valence-electron chi connectivity index (χ2n) is 4.14. The van der Waals surface area contributed by atoms with E-state index in [-0.39, 0.29) is 31.6 Å². The molecule has 0 aliphatic heterocycles. The summed E-state index contributed by atoms with van der Waals surface area (Å²) < 4.78 is 45.3. The second kappa shape index (κ2) is 5.96. The molecule has 0 amide bonds. The maximum atomic E-state index is 13.1. The Balaban J connectivity index is 2.44. The van der Waals surface area contributed by atoms with Crippen molar-refractivity contribution in [2.45, 2.75) is 18.4 Å². The highest BCUT2D eigenvalue weighted by Crippen LogP contribution is 2.34. The number of hydrogen-bond donors (Lipinski definition) is 2. The smallest absolute Gasteiger partial charge is 0.265 e. The van der Waals surface area contributed by atoms with Crippen molar-refractivity contribution >= 4 is 43.2 Å². The number of anilines is 1. The van der Waals surface area contributed by atoms with E-state index in [1.54, 1.807) is 0 Å². The van der Waals surface area contributed by atoms with Crippen LogP contribution in [0.2, 0.25) is 5.02 Å². The van der Waals surface area contributed by atoms with Gasteiger partial charge in [0.05, 0.1) is 10.7 Å². The SMILES string of the molecule is Cc1oc(CO)cc1S(=O)(=O)Nc1c(Cl)cc(F)cc1Br. The molecule has 0 atom stereocenters.